The standard InChI is InChI=1S/C18H27NO/c1-20-18-11-16(15-7-8-15)9-10-17(18)13-19-12-14-5-3-2-4-6-14/h9-11,14-15,19H,2-8,12-13H2,1H3. The summed E-state index contributed by atoms with van der Waals surface area (Å²) in [5.41, 5.74) is 2.76. The smallest absolute Gasteiger partial charge is 0.123 e. The second-order valence-corrected chi connectivity index (χ2v) is 6.48. The van der Waals surface area contributed by atoms with E-state index in [1.54, 1.807) is 7.11 Å². The fourth-order valence-electron chi connectivity index (χ4n) is 3.38. The molecule has 1 aromatic rings. The second-order valence-electron chi connectivity index (χ2n) is 6.48. The molecule has 1 N–H and O–H groups in total. The molecule has 20 heavy (non-hydrogen) atoms. The summed E-state index contributed by atoms with van der Waals surface area (Å²) >= 11 is 0. The Morgan fingerprint density at radius 3 is 2.60 bits per heavy atom. The van der Waals surface area contributed by atoms with E-state index in [4.69, 9.17) is 4.74 Å². The van der Waals surface area contributed by atoms with Gasteiger partial charge in [-0.05, 0) is 55.7 Å². The Balaban J connectivity index is 1.53. The quantitative estimate of drug-likeness (QED) is 0.837. The van der Waals surface area contributed by atoms with Crippen LogP contribution in [-0.4, -0.2) is 13.7 Å². The van der Waals surface area contributed by atoms with E-state index in [1.165, 1.54) is 56.1 Å². The summed E-state index contributed by atoms with van der Waals surface area (Å²) in [5, 5.41) is 3.63. The third kappa shape index (κ3) is 3.54. The summed E-state index contributed by atoms with van der Waals surface area (Å²) in [5.74, 6) is 2.75. The van der Waals surface area contributed by atoms with Gasteiger partial charge in [0, 0.05) is 12.1 Å². The largest absolute Gasteiger partial charge is 0.496 e. The van der Waals surface area contributed by atoms with Crippen LogP contribution in [-0.2, 0) is 6.54 Å². The van der Waals surface area contributed by atoms with E-state index in [9.17, 15) is 0 Å². The van der Waals surface area contributed by atoms with Gasteiger partial charge in [0.2, 0.25) is 0 Å². The second kappa shape index (κ2) is 6.62. The maximum atomic E-state index is 5.57. The van der Waals surface area contributed by atoms with Gasteiger partial charge in [-0.3, -0.25) is 0 Å². The minimum Gasteiger partial charge on any atom is -0.496 e. The van der Waals surface area contributed by atoms with E-state index in [0.29, 0.717) is 0 Å². The first kappa shape index (κ1) is 13.9. The molecule has 0 aromatic heterocycles. The van der Waals surface area contributed by atoms with Crippen LogP contribution in [0, 0.1) is 5.92 Å². The molecule has 0 atom stereocenters. The minimum atomic E-state index is 0.799. The van der Waals surface area contributed by atoms with Crippen molar-refractivity contribution in [3.05, 3.63) is 29.3 Å². The molecular weight excluding hydrogens is 246 g/mol. The van der Waals surface area contributed by atoms with Crippen molar-refractivity contribution in [1.82, 2.24) is 5.32 Å². The predicted molar refractivity (Wildman–Crippen MR) is 83.3 cm³/mol. The summed E-state index contributed by atoms with van der Waals surface area (Å²) in [6, 6.07) is 6.79. The van der Waals surface area contributed by atoms with E-state index in [2.05, 4.69) is 23.5 Å². The molecule has 2 saturated carbocycles. The molecule has 0 spiro atoms. The highest BCUT2D eigenvalue weighted by Crippen LogP contribution is 2.41. The number of nitrogens with one attached hydrogen (secondary N) is 1. The number of hydrogen-bond donors (Lipinski definition) is 1. The summed E-state index contributed by atoms with van der Waals surface area (Å²) in [7, 11) is 1.79. The lowest BCUT2D eigenvalue weighted by Gasteiger charge is -2.22. The van der Waals surface area contributed by atoms with Crippen LogP contribution >= 0.6 is 0 Å². The first-order valence-corrected chi connectivity index (χ1v) is 8.24. The summed E-state index contributed by atoms with van der Waals surface area (Å²) in [6.45, 7) is 2.10. The van der Waals surface area contributed by atoms with Crippen molar-refractivity contribution >= 4 is 0 Å². The van der Waals surface area contributed by atoms with Gasteiger partial charge in [-0.1, -0.05) is 31.4 Å². The molecule has 1 aromatic carbocycles. The number of methoxy groups -OCH3 is 1. The molecule has 0 amide bonds. The Morgan fingerprint density at radius 2 is 1.90 bits per heavy atom. The molecule has 2 fully saturated rings. The first-order valence-electron chi connectivity index (χ1n) is 8.24. The Bertz CT molecular complexity index is 433. The van der Waals surface area contributed by atoms with Gasteiger partial charge >= 0.3 is 0 Å². The highest BCUT2D eigenvalue weighted by Gasteiger charge is 2.24. The molecule has 2 heteroatoms. The summed E-state index contributed by atoms with van der Waals surface area (Å²) < 4.78 is 5.57. The van der Waals surface area contributed by atoms with Gasteiger partial charge in [-0.15, -0.1) is 0 Å². The highest BCUT2D eigenvalue weighted by molar-refractivity contribution is 5.40. The van der Waals surface area contributed by atoms with Gasteiger partial charge < -0.3 is 10.1 Å². The third-order valence-electron chi connectivity index (χ3n) is 4.83. The lowest BCUT2D eigenvalue weighted by Crippen LogP contribution is -2.24. The van der Waals surface area contributed by atoms with Gasteiger partial charge in [0.05, 0.1) is 7.11 Å². The van der Waals surface area contributed by atoms with Crippen LogP contribution < -0.4 is 10.1 Å². The molecule has 0 aliphatic heterocycles. The van der Waals surface area contributed by atoms with Gasteiger partial charge in [-0.25, -0.2) is 0 Å². The highest BCUT2D eigenvalue weighted by atomic mass is 16.5. The maximum absolute atomic E-state index is 5.57. The molecule has 110 valence electrons. The Kier molecular flexibility index (Phi) is 4.62. The van der Waals surface area contributed by atoms with E-state index >= 15 is 0 Å². The minimum absolute atomic E-state index is 0.799. The van der Waals surface area contributed by atoms with Crippen LogP contribution in [0.5, 0.6) is 5.75 Å². The monoisotopic (exact) mass is 273 g/mol. The fourth-order valence-corrected chi connectivity index (χ4v) is 3.38. The van der Waals surface area contributed by atoms with Crippen molar-refractivity contribution in [2.75, 3.05) is 13.7 Å². The summed E-state index contributed by atoms with van der Waals surface area (Å²) in [6.07, 6.45) is 9.80. The molecule has 0 bridgehead atoms. The van der Waals surface area contributed by atoms with Crippen LogP contribution in [0.4, 0.5) is 0 Å². The third-order valence-corrected chi connectivity index (χ3v) is 4.83. The molecule has 0 radical (unpaired) electrons. The molecule has 0 saturated heterocycles. The van der Waals surface area contributed by atoms with E-state index < -0.39 is 0 Å². The summed E-state index contributed by atoms with van der Waals surface area (Å²) in [4.78, 5) is 0. The molecule has 3 rings (SSSR count). The maximum Gasteiger partial charge on any atom is 0.123 e. The van der Waals surface area contributed by atoms with Gasteiger partial charge in [0.15, 0.2) is 0 Å². The van der Waals surface area contributed by atoms with Gasteiger partial charge in [0.1, 0.15) is 5.75 Å². The van der Waals surface area contributed by atoms with Crippen molar-refractivity contribution in [1.29, 1.82) is 0 Å². The molecule has 2 aliphatic carbocycles. The van der Waals surface area contributed by atoms with Crippen LogP contribution in [0.15, 0.2) is 18.2 Å². The zero-order valence-corrected chi connectivity index (χ0v) is 12.7. The zero-order chi connectivity index (χ0) is 13.8. The number of ether oxygens (including phenoxy) is 1. The van der Waals surface area contributed by atoms with Gasteiger partial charge in [0.25, 0.3) is 0 Å². The van der Waals surface area contributed by atoms with Crippen molar-refractivity contribution in [2.24, 2.45) is 5.92 Å². The first-order chi connectivity index (χ1) is 9.86. The molecule has 2 aliphatic rings. The number of benzene rings is 1. The van der Waals surface area contributed by atoms with Crippen LogP contribution in [0.25, 0.3) is 0 Å². The van der Waals surface area contributed by atoms with Crippen LogP contribution in [0.2, 0.25) is 0 Å². The van der Waals surface area contributed by atoms with Crippen LogP contribution in [0.3, 0.4) is 0 Å². The fraction of sp³-hybridized carbons (Fsp3) is 0.667. The lowest BCUT2D eigenvalue weighted by atomic mass is 9.89. The molecule has 0 unspecified atom stereocenters. The SMILES string of the molecule is COc1cc(C2CC2)ccc1CNCC1CCCCC1. The Labute approximate surface area is 122 Å². The Hall–Kier alpha value is -1.02. The van der Waals surface area contributed by atoms with E-state index in [-0.39, 0.29) is 0 Å². The molecule has 0 heterocycles. The lowest BCUT2D eigenvalue weighted by molar-refractivity contribution is 0.340. The molecule has 2 nitrogen and oxygen atoms in total. The zero-order valence-electron chi connectivity index (χ0n) is 12.7. The van der Waals surface area contributed by atoms with Crippen molar-refractivity contribution in [3.8, 4) is 5.75 Å². The number of hydrogen-bond acceptors (Lipinski definition) is 2. The topological polar surface area (TPSA) is 21.3 Å². The normalized spacial score (nSPS) is 20.1. The van der Waals surface area contributed by atoms with Crippen molar-refractivity contribution < 1.29 is 4.74 Å². The molecular formula is C18H27NO. The van der Waals surface area contributed by atoms with Gasteiger partial charge in [-0.2, -0.15) is 0 Å². The van der Waals surface area contributed by atoms with Crippen molar-refractivity contribution in [2.45, 2.75) is 57.4 Å². The average molecular weight is 273 g/mol. The Morgan fingerprint density at radius 1 is 1.10 bits per heavy atom. The van der Waals surface area contributed by atoms with Crippen molar-refractivity contribution in [3.63, 3.8) is 0 Å². The van der Waals surface area contributed by atoms with E-state index in [1.807, 2.05) is 0 Å². The van der Waals surface area contributed by atoms with E-state index in [0.717, 1.165) is 30.7 Å². The average Bonchev–Trinajstić information content (AvgIpc) is 3.33. The predicted octanol–water partition coefficient (Wildman–Crippen LogP) is 4.24. The number of rotatable bonds is 6. The van der Waals surface area contributed by atoms with Crippen LogP contribution in [0.1, 0.15) is 62.0 Å².